The highest BCUT2D eigenvalue weighted by atomic mass is 19.1. The van der Waals surface area contributed by atoms with Crippen LogP contribution in [0.3, 0.4) is 0 Å². The van der Waals surface area contributed by atoms with Gasteiger partial charge in [-0.1, -0.05) is 30.3 Å². The summed E-state index contributed by atoms with van der Waals surface area (Å²) in [5.74, 6) is -1.18. The predicted octanol–water partition coefficient (Wildman–Crippen LogP) is 2.78. The Labute approximate surface area is 155 Å². The topological polar surface area (TPSA) is 75.7 Å². The number of likely N-dealkylation sites (tertiary alicyclic amines) is 1. The molecule has 3 rings (SSSR count). The van der Waals surface area contributed by atoms with Crippen molar-refractivity contribution in [1.29, 1.82) is 0 Å². The molecule has 0 bridgehead atoms. The van der Waals surface area contributed by atoms with Crippen LogP contribution < -0.4 is 5.32 Å². The number of nitrogens with one attached hydrogen (secondary N) is 1. The Morgan fingerprint density at radius 2 is 2.00 bits per heavy atom. The van der Waals surface area contributed by atoms with Crippen LogP contribution in [0.2, 0.25) is 0 Å². The van der Waals surface area contributed by atoms with Crippen LogP contribution in [0.25, 0.3) is 0 Å². The van der Waals surface area contributed by atoms with E-state index >= 15 is 0 Å². The van der Waals surface area contributed by atoms with E-state index in [1.807, 2.05) is 30.3 Å². The van der Waals surface area contributed by atoms with E-state index in [4.69, 9.17) is 4.74 Å². The van der Waals surface area contributed by atoms with Gasteiger partial charge in [0.15, 0.2) is 0 Å². The van der Waals surface area contributed by atoms with Crippen LogP contribution in [0.1, 0.15) is 32.7 Å². The predicted molar refractivity (Wildman–Crippen MR) is 95.9 cm³/mol. The number of carbonyl (C=O) groups is 3. The number of ether oxygens (including phenoxy) is 1. The second kappa shape index (κ2) is 8.44. The normalized spacial score (nSPS) is 16.0. The van der Waals surface area contributed by atoms with Crippen LogP contribution in [0.15, 0.2) is 48.5 Å². The summed E-state index contributed by atoms with van der Waals surface area (Å²) < 4.78 is 19.1. The minimum absolute atomic E-state index is 0.146. The Morgan fingerprint density at radius 1 is 1.22 bits per heavy atom. The first-order chi connectivity index (χ1) is 13.1. The van der Waals surface area contributed by atoms with Gasteiger partial charge < -0.3 is 15.0 Å². The molecule has 1 saturated heterocycles. The maximum atomic E-state index is 13.9. The molecule has 1 atom stereocenters. The van der Waals surface area contributed by atoms with Crippen LogP contribution in [0, 0.1) is 5.82 Å². The van der Waals surface area contributed by atoms with Crippen molar-refractivity contribution < 1.29 is 23.5 Å². The van der Waals surface area contributed by atoms with E-state index in [0.717, 1.165) is 11.6 Å². The standard InChI is InChI=1S/C20H19FN2O4/c21-18-7-6-15(12-24)10-17(18)19(25)23-9-8-16(11-23)22-20(26)27-13-14-4-2-1-3-5-14/h1-7,10,12,16H,8-9,11,13H2,(H,22,26). The summed E-state index contributed by atoms with van der Waals surface area (Å²) in [6, 6.07) is 12.7. The fourth-order valence-electron chi connectivity index (χ4n) is 2.94. The molecular formula is C20H19FN2O4. The van der Waals surface area contributed by atoms with Crippen molar-refractivity contribution in [2.75, 3.05) is 13.1 Å². The number of carbonyl (C=O) groups excluding carboxylic acids is 3. The van der Waals surface area contributed by atoms with Gasteiger partial charge in [-0.15, -0.1) is 0 Å². The molecule has 7 heteroatoms. The Balaban J connectivity index is 1.53. The maximum Gasteiger partial charge on any atom is 0.407 e. The number of benzene rings is 2. The Kier molecular flexibility index (Phi) is 5.80. The summed E-state index contributed by atoms with van der Waals surface area (Å²) in [5.41, 5.74) is 0.964. The number of nitrogens with zero attached hydrogens (tertiary/aromatic N) is 1. The van der Waals surface area contributed by atoms with Gasteiger partial charge in [-0.05, 0) is 30.2 Å². The second-order valence-corrected chi connectivity index (χ2v) is 6.30. The van der Waals surface area contributed by atoms with E-state index < -0.39 is 17.8 Å². The SMILES string of the molecule is O=Cc1ccc(F)c(C(=O)N2CCC(NC(=O)OCc3ccccc3)C2)c1. The first-order valence-corrected chi connectivity index (χ1v) is 8.58. The number of halogens is 1. The van der Waals surface area contributed by atoms with Crippen LogP contribution in [-0.4, -0.2) is 42.3 Å². The zero-order chi connectivity index (χ0) is 19.2. The number of hydrogen-bond donors (Lipinski definition) is 1. The minimum atomic E-state index is -0.677. The van der Waals surface area contributed by atoms with Crippen LogP contribution in [0.5, 0.6) is 0 Å². The third-order valence-electron chi connectivity index (χ3n) is 4.37. The van der Waals surface area contributed by atoms with Gasteiger partial charge in [0, 0.05) is 18.7 Å². The zero-order valence-corrected chi connectivity index (χ0v) is 14.6. The minimum Gasteiger partial charge on any atom is -0.445 e. The second-order valence-electron chi connectivity index (χ2n) is 6.30. The highest BCUT2D eigenvalue weighted by Crippen LogP contribution is 2.17. The van der Waals surface area contributed by atoms with E-state index in [-0.39, 0.29) is 30.3 Å². The molecule has 0 radical (unpaired) electrons. The van der Waals surface area contributed by atoms with Crippen LogP contribution in [-0.2, 0) is 11.3 Å². The van der Waals surface area contributed by atoms with Crippen molar-refractivity contribution in [3.05, 3.63) is 71.0 Å². The van der Waals surface area contributed by atoms with Gasteiger partial charge in [0.2, 0.25) is 0 Å². The molecule has 27 heavy (non-hydrogen) atoms. The molecule has 1 aliphatic rings. The summed E-state index contributed by atoms with van der Waals surface area (Å²) >= 11 is 0. The number of aldehydes is 1. The van der Waals surface area contributed by atoms with E-state index in [2.05, 4.69) is 5.32 Å². The number of hydrogen-bond acceptors (Lipinski definition) is 4. The molecule has 2 aromatic rings. The van der Waals surface area contributed by atoms with Gasteiger partial charge in [0.05, 0.1) is 11.6 Å². The van der Waals surface area contributed by atoms with E-state index in [0.29, 0.717) is 19.3 Å². The first kappa shape index (κ1) is 18.6. The Morgan fingerprint density at radius 3 is 2.74 bits per heavy atom. The number of amides is 2. The van der Waals surface area contributed by atoms with E-state index in [9.17, 15) is 18.8 Å². The molecular weight excluding hydrogens is 351 g/mol. The zero-order valence-electron chi connectivity index (χ0n) is 14.6. The highest BCUT2D eigenvalue weighted by molar-refractivity contribution is 5.96. The number of alkyl carbamates (subject to hydrolysis) is 1. The van der Waals surface area contributed by atoms with E-state index in [1.54, 1.807) is 0 Å². The summed E-state index contributed by atoms with van der Waals surface area (Å²) in [6.45, 7) is 0.795. The molecule has 2 aromatic carbocycles. The van der Waals surface area contributed by atoms with Crippen molar-refractivity contribution in [2.24, 2.45) is 0 Å². The molecule has 140 valence electrons. The molecule has 0 spiro atoms. The molecule has 1 aliphatic heterocycles. The van der Waals surface area contributed by atoms with Gasteiger partial charge in [0.25, 0.3) is 5.91 Å². The first-order valence-electron chi connectivity index (χ1n) is 8.58. The molecule has 2 amide bonds. The fourth-order valence-corrected chi connectivity index (χ4v) is 2.94. The lowest BCUT2D eigenvalue weighted by molar-refractivity contribution is 0.0782. The lowest BCUT2D eigenvalue weighted by atomic mass is 10.1. The molecule has 0 aliphatic carbocycles. The van der Waals surface area contributed by atoms with Crippen molar-refractivity contribution >= 4 is 18.3 Å². The molecule has 6 nitrogen and oxygen atoms in total. The molecule has 1 fully saturated rings. The van der Waals surface area contributed by atoms with Gasteiger partial charge >= 0.3 is 6.09 Å². The molecule has 0 aromatic heterocycles. The number of rotatable bonds is 5. The summed E-state index contributed by atoms with van der Waals surface area (Å²) in [5, 5.41) is 2.72. The van der Waals surface area contributed by atoms with Gasteiger partial charge in [-0.3, -0.25) is 9.59 Å². The quantitative estimate of drug-likeness (QED) is 0.821. The fraction of sp³-hybridized carbons (Fsp3) is 0.250. The lowest BCUT2D eigenvalue weighted by Crippen LogP contribution is -2.38. The monoisotopic (exact) mass is 370 g/mol. The molecule has 0 saturated carbocycles. The third-order valence-corrected chi connectivity index (χ3v) is 4.37. The Bertz CT molecular complexity index is 841. The molecule has 1 heterocycles. The van der Waals surface area contributed by atoms with Gasteiger partial charge in [-0.2, -0.15) is 0 Å². The average Bonchev–Trinajstić information content (AvgIpc) is 3.15. The molecule has 1 N–H and O–H groups in total. The maximum absolute atomic E-state index is 13.9. The van der Waals surface area contributed by atoms with Crippen molar-refractivity contribution in [3.63, 3.8) is 0 Å². The van der Waals surface area contributed by atoms with E-state index in [1.165, 1.54) is 17.0 Å². The summed E-state index contributed by atoms with van der Waals surface area (Å²) in [6.07, 6.45) is 0.543. The summed E-state index contributed by atoms with van der Waals surface area (Å²) in [4.78, 5) is 36.7. The highest BCUT2D eigenvalue weighted by Gasteiger charge is 2.29. The van der Waals surface area contributed by atoms with Crippen LogP contribution >= 0.6 is 0 Å². The van der Waals surface area contributed by atoms with Crippen molar-refractivity contribution in [3.8, 4) is 0 Å². The smallest absolute Gasteiger partial charge is 0.407 e. The lowest BCUT2D eigenvalue weighted by Gasteiger charge is -2.17. The van der Waals surface area contributed by atoms with Crippen LogP contribution in [0.4, 0.5) is 9.18 Å². The largest absolute Gasteiger partial charge is 0.445 e. The Hall–Kier alpha value is -3.22. The molecule has 1 unspecified atom stereocenters. The van der Waals surface area contributed by atoms with Crippen molar-refractivity contribution in [1.82, 2.24) is 10.2 Å². The van der Waals surface area contributed by atoms with Crippen molar-refractivity contribution in [2.45, 2.75) is 19.1 Å². The third kappa shape index (κ3) is 4.69. The summed E-state index contributed by atoms with van der Waals surface area (Å²) in [7, 11) is 0. The van der Waals surface area contributed by atoms with Gasteiger partial charge in [0.1, 0.15) is 18.7 Å². The van der Waals surface area contributed by atoms with Gasteiger partial charge in [-0.25, -0.2) is 9.18 Å². The average molecular weight is 370 g/mol.